The van der Waals surface area contributed by atoms with Gasteiger partial charge in [0.25, 0.3) is 0 Å². The van der Waals surface area contributed by atoms with E-state index in [-0.39, 0.29) is 6.04 Å². The molecule has 0 bridgehead atoms. The Morgan fingerprint density at radius 1 is 1.06 bits per heavy atom. The molecule has 3 N–H and O–H groups in total. The lowest BCUT2D eigenvalue weighted by molar-refractivity contribution is 0.457. The van der Waals surface area contributed by atoms with Gasteiger partial charge in [0.2, 0.25) is 10.0 Å². The van der Waals surface area contributed by atoms with Gasteiger partial charge in [-0.05, 0) is 58.3 Å². The van der Waals surface area contributed by atoms with Gasteiger partial charge in [0.1, 0.15) is 0 Å². The zero-order valence-corrected chi connectivity index (χ0v) is 11.8. The fourth-order valence-electron chi connectivity index (χ4n) is 3.16. The monoisotopic (exact) mass is 260 g/mol. The number of sulfonamides is 1. The van der Waals surface area contributed by atoms with E-state index in [9.17, 15) is 8.42 Å². The standard InChI is InChI=1S/C12H24N2O2S/c1-12(2,3)17(15,16)14-11-6-8-4-10(13)5-9(8)7-11/h8-11,14H,4-7,13H2,1-3H3. The number of hydrogen-bond donors (Lipinski definition) is 2. The number of fused-ring (bicyclic) bond motifs is 1. The van der Waals surface area contributed by atoms with Gasteiger partial charge in [-0.25, -0.2) is 13.1 Å². The van der Waals surface area contributed by atoms with Crippen LogP contribution in [0, 0.1) is 11.8 Å². The molecule has 2 aliphatic rings. The smallest absolute Gasteiger partial charge is 0.216 e. The zero-order chi connectivity index (χ0) is 12.8. The minimum Gasteiger partial charge on any atom is -0.328 e. The second kappa shape index (κ2) is 4.21. The first-order chi connectivity index (χ1) is 7.69. The average Bonchev–Trinajstić information content (AvgIpc) is 2.57. The van der Waals surface area contributed by atoms with E-state index in [1.165, 1.54) is 0 Å². The lowest BCUT2D eigenvalue weighted by Crippen LogP contribution is -2.44. The molecule has 100 valence electrons. The van der Waals surface area contributed by atoms with Crippen molar-refractivity contribution in [1.29, 1.82) is 0 Å². The summed E-state index contributed by atoms with van der Waals surface area (Å²) in [6, 6.07) is 0.465. The molecule has 0 aromatic carbocycles. The molecule has 0 aromatic heterocycles. The fourth-order valence-corrected chi connectivity index (χ4v) is 4.14. The Morgan fingerprint density at radius 2 is 1.53 bits per heavy atom. The molecule has 0 aromatic rings. The highest BCUT2D eigenvalue weighted by Gasteiger charge is 2.42. The normalized spacial score (nSPS) is 38.4. The molecule has 2 rings (SSSR count). The van der Waals surface area contributed by atoms with Crippen LogP contribution >= 0.6 is 0 Å². The molecule has 2 saturated carbocycles. The fraction of sp³-hybridized carbons (Fsp3) is 1.00. The summed E-state index contributed by atoms with van der Waals surface area (Å²) in [7, 11) is -3.21. The van der Waals surface area contributed by atoms with Crippen LogP contribution in [0.15, 0.2) is 0 Å². The topological polar surface area (TPSA) is 72.2 Å². The molecule has 5 heteroatoms. The van der Waals surface area contributed by atoms with Crippen LogP contribution in [0.2, 0.25) is 0 Å². The first-order valence-electron chi connectivity index (χ1n) is 6.46. The highest BCUT2D eigenvalue weighted by Crippen LogP contribution is 2.43. The van der Waals surface area contributed by atoms with E-state index < -0.39 is 14.8 Å². The third-order valence-corrected chi connectivity index (χ3v) is 6.44. The Hall–Kier alpha value is -0.130. The first kappa shape index (κ1) is 13.3. The largest absolute Gasteiger partial charge is 0.328 e. The molecule has 0 aliphatic heterocycles. The van der Waals surface area contributed by atoms with E-state index in [0.717, 1.165) is 25.7 Å². The van der Waals surface area contributed by atoms with Crippen molar-refractivity contribution in [3.8, 4) is 0 Å². The molecule has 0 heterocycles. The highest BCUT2D eigenvalue weighted by atomic mass is 32.2. The van der Waals surface area contributed by atoms with Gasteiger partial charge in [-0.15, -0.1) is 0 Å². The maximum Gasteiger partial charge on any atom is 0.216 e. The molecule has 17 heavy (non-hydrogen) atoms. The van der Waals surface area contributed by atoms with Crippen molar-refractivity contribution in [3.63, 3.8) is 0 Å². The second-order valence-electron chi connectivity index (χ2n) is 6.65. The van der Waals surface area contributed by atoms with Crippen molar-refractivity contribution in [2.75, 3.05) is 0 Å². The number of hydrogen-bond acceptors (Lipinski definition) is 3. The van der Waals surface area contributed by atoms with Crippen LogP contribution in [0.3, 0.4) is 0 Å². The number of rotatable bonds is 2. The van der Waals surface area contributed by atoms with Gasteiger partial charge in [0, 0.05) is 12.1 Å². The van der Waals surface area contributed by atoms with Crippen LogP contribution in [0.1, 0.15) is 46.5 Å². The SMILES string of the molecule is CC(C)(C)S(=O)(=O)NC1CC2CC(N)CC2C1. The molecule has 0 radical (unpaired) electrons. The third kappa shape index (κ3) is 2.66. The van der Waals surface area contributed by atoms with Gasteiger partial charge in [-0.1, -0.05) is 0 Å². The van der Waals surface area contributed by atoms with Crippen LogP contribution in [-0.4, -0.2) is 25.2 Å². The third-order valence-electron chi connectivity index (χ3n) is 4.18. The molecule has 4 nitrogen and oxygen atoms in total. The summed E-state index contributed by atoms with van der Waals surface area (Å²) in [5.41, 5.74) is 5.93. The molecule has 0 amide bonds. The Labute approximate surface area is 104 Å². The maximum atomic E-state index is 12.1. The predicted octanol–water partition coefficient (Wildman–Crippen LogP) is 1.22. The highest BCUT2D eigenvalue weighted by molar-refractivity contribution is 7.90. The van der Waals surface area contributed by atoms with E-state index in [1.54, 1.807) is 20.8 Å². The maximum absolute atomic E-state index is 12.1. The van der Waals surface area contributed by atoms with E-state index in [1.807, 2.05) is 0 Å². The summed E-state index contributed by atoms with van der Waals surface area (Å²) >= 11 is 0. The number of nitrogens with two attached hydrogens (primary N) is 1. The number of nitrogens with one attached hydrogen (secondary N) is 1. The van der Waals surface area contributed by atoms with Crippen LogP contribution < -0.4 is 10.5 Å². The predicted molar refractivity (Wildman–Crippen MR) is 69.0 cm³/mol. The molecule has 2 aliphatic carbocycles. The summed E-state index contributed by atoms with van der Waals surface area (Å²) in [5, 5.41) is 0. The van der Waals surface area contributed by atoms with E-state index >= 15 is 0 Å². The summed E-state index contributed by atoms with van der Waals surface area (Å²) in [6.45, 7) is 5.21. The van der Waals surface area contributed by atoms with Gasteiger partial charge in [-0.2, -0.15) is 0 Å². The van der Waals surface area contributed by atoms with Crippen LogP contribution in [0.4, 0.5) is 0 Å². The molecule has 0 saturated heterocycles. The van der Waals surface area contributed by atoms with Crippen molar-refractivity contribution in [3.05, 3.63) is 0 Å². The van der Waals surface area contributed by atoms with Gasteiger partial charge in [0.05, 0.1) is 4.75 Å². The van der Waals surface area contributed by atoms with Crippen molar-refractivity contribution in [2.24, 2.45) is 17.6 Å². The van der Waals surface area contributed by atoms with Gasteiger partial charge in [-0.3, -0.25) is 0 Å². The van der Waals surface area contributed by atoms with Gasteiger partial charge < -0.3 is 5.73 Å². The molecule has 2 atom stereocenters. The van der Waals surface area contributed by atoms with E-state index in [4.69, 9.17) is 5.73 Å². The molecule has 2 unspecified atom stereocenters. The summed E-state index contributed by atoms with van der Waals surface area (Å²) in [5.74, 6) is 1.27. The lowest BCUT2D eigenvalue weighted by atomic mass is 10.0. The summed E-state index contributed by atoms with van der Waals surface area (Å²) in [6.07, 6.45) is 4.07. The Kier molecular flexibility index (Phi) is 3.30. The quantitative estimate of drug-likeness (QED) is 0.784. The Bertz CT molecular complexity index is 372. The van der Waals surface area contributed by atoms with Gasteiger partial charge >= 0.3 is 0 Å². The van der Waals surface area contributed by atoms with Crippen molar-refractivity contribution in [1.82, 2.24) is 4.72 Å². The lowest BCUT2D eigenvalue weighted by Gasteiger charge is -2.23. The Morgan fingerprint density at radius 3 is 1.94 bits per heavy atom. The minimum absolute atomic E-state index is 0.127. The van der Waals surface area contributed by atoms with Crippen LogP contribution in [0.5, 0.6) is 0 Å². The van der Waals surface area contributed by atoms with E-state index in [2.05, 4.69) is 4.72 Å². The van der Waals surface area contributed by atoms with Crippen molar-refractivity contribution >= 4 is 10.0 Å². The molecular formula is C12H24N2O2S. The molecular weight excluding hydrogens is 236 g/mol. The second-order valence-corrected chi connectivity index (χ2v) is 9.12. The summed E-state index contributed by atoms with van der Waals surface area (Å²) in [4.78, 5) is 0. The van der Waals surface area contributed by atoms with Gasteiger partial charge in [0.15, 0.2) is 0 Å². The molecule has 2 fully saturated rings. The first-order valence-corrected chi connectivity index (χ1v) is 7.95. The Balaban J connectivity index is 1.96. The van der Waals surface area contributed by atoms with Crippen LogP contribution in [0.25, 0.3) is 0 Å². The average molecular weight is 260 g/mol. The van der Waals surface area contributed by atoms with Crippen LogP contribution in [-0.2, 0) is 10.0 Å². The zero-order valence-electron chi connectivity index (χ0n) is 10.9. The van der Waals surface area contributed by atoms with Crippen molar-refractivity contribution in [2.45, 2.75) is 63.3 Å². The minimum atomic E-state index is -3.21. The van der Waals surface area contributed by atoms with Crippen molar-refractivity contribution < 1.29 is 8.42 Å². The van der Waals surface area contributed by atoms with E-state index in [0.29, 0.717) is 17.9 Å². The summed E-state index contributed by atoms with van der Waals surface area (Å²) < 4.78 is 26.3. The molecule has 0 spiro atoms.